The predicted octanol–water partition coefficient (Wildman–Crippen LogP) is 8.05. The van der Waals surface area contributed by atoms with Gasteiger partial charge < -0.3 is 39.4 Å². The Bertz CT molecular complexity index is 1170. The van der Waals surface area contributed by atoms with E-state index in [1.165, 1.54) is 57.3 Å². The summed E-state index contributed by atoms with van der Waals surface area (Å²) >= 11 is 0. The van der Waals surface area contributed by atoms with E-state index in [-0.39, 0.29) is 89.5 Å². The van der Waals surface area contributed by atoms with Crippen LogP contribution in [-0.2, 0) is 28.5 Å². The first-order valence-corrected chi connectivity index (χ1v) is 21.1. The van der Waals surface area contributed by atoms with E-state index in [0.29, 0.717) is 25.7 Å². The van der Waals surface area contributed by atoms with Gasteiger partial charge in [0, 0.05) is 39.3 Å². The Hall–Kier alpha value is -1.43. The first kappa shape index (κ1) is 61.9. The molecule has 13 nitrogen and oxygen atoms in total. The molecule has 59 heavy (non-hydrogen) atoms. The van der Waals surface area contributed by atoms with Gasteiger partial charge in [-0.3, -0.25) is 14.5 Å². The SMILES string of the molecule is C.C1CCOC1.CC(=O)[C@@H]1CCCN1C(=O)OC(C)(C)C.CC(C)(C)OC(=O)N1CCC[C@H]1C1(O)CCCC1.CCOC(C)=O.OC1([C@@H]2CCCN2)CCCC1.S.S.S. The van der Waals surface area contributed by atoms with Crippen molar-refractivity contribution in [2.75, 3.05) is 39.5 Å². The van der Waals surface area contributed by atoms with Crippen molar-refractivity contribution < 1.29 is 48.3 Å². The number of hydrogen-bond acceptors (Lipinski definition) is 11. The summed E-state index contributed by atoms with van der Waals surface area (Å²) in [6.45, 7) is 20.7. The summed E-state index contributed by atoms with van der Waals surface area (Å²) in [5.41, 5.74) is -1.98. The lowest BCUT2D eigenvalue weighted by atomic mass is 9.90. The molecule has 4 saturated heterocycles. The standard InChI is InChI=1S/C14H25NO3.C11H19NO3.C9H17NO.C4H8O2.C4H8O.CH4.3H2S/c1-13(2,3)18-12(16)15-10-6-7-11(15)14(17)8-4-5-9-14;1-8(13)9-6-5-7-12(9)10(14)15-11(2,3)4;11-9(5-1-2-6-9)8-4-3-7-10-8;1-3-6-4(2)5;1-2-4-5-3-1;;;;/h11,17H,4-10H2,1-3H3;9H,5-7H2,1-4H3;8,10-11H,1-7H2;3H2,1-2H3;1-4H2;1H4;3*1H2/t11-;9-;8-;;;;;;/m000....../s1. The van der Waals surface area contributed by atoms with Gasteiger partial charge in [0.05, 0.1) is 29.9 Å². The molecule has 16 heteroatoms. The first-order valence-electron chi connectivity index (χ1n) is 21.1. The number of hydrogen-bond donors (Lipinski definition) is 3. The van der Waals surface area contributed by atoms with Gasteiger partial charge in [-0.05, 0) is 139 Å². The number of carbonyl (C=O) groups excluding carboxylic acids is 4. The highest BCUT2D eigenvalue weighted by molar-refractivity contribution is 7.59. The van der Waals surface area contributed by atoms with Crippen LogP contribution in [0, 0.1) is 0 Å². The quantitative estimate of drug-likeness (QED) is 0.185. The molecule has 4 aliphatic heterocycles. The van der Waals surface area contributed by atoms with Crippen LogP contribution in [0.2, 0.25) is 0 Å². The third kappa shape index (κ3) is 23.0. The number of aliphatic hydroxyl groups is 2. The van der Waals surface area contributed by atoms with Crippen molar-refractivity contribution in [2.45, 2.75) is 213 Å². The minimum atomic E-state index is -0.673. The molecule has 2 saturated carbocycles. The van der Waals surface area contributed by atoms with Crippen LogP contribution in [0.25, 0.3) is 0 Å². The van der Waals surface area contributed by atoms with Crippen molar-refractivity contribution in [1.29, 1.82) is 0 Å². The van der Waals surface area contributed by atoms with Crippen LogP contribution in [0.3, 0.4) is 0 Å². The number of carbonyl (C=O) groups is 4. The topological polar surface area (TPSA) is 164 Å². The molecule has 3 N–H and O–H groups in total. The highest BCUT2D eigenvalue weighted by Crippen LogP contribution is 2.40. The number of likely N-dealkylation sites (tertiary alicyclic amines) is 2. The van der Waals surface area contributed by atoms with Crippen molar-refractivity contribution >= 4 is 64.4 Å². The number of nitrogens with zero attached hydrogens (tertiary/aromatic N) is 2. The van der Waals surface area contributed by atoms with Crippen molar-refractivity contribution in [3.8, 4) is 0 Å². The third-order valence-electron chi connectivity index (χ3n) is 10.7. The Morgan fingerprint density at radius 2 is 1.14 bits per heavy atom. The van der Waals surface area contributed by atoms with E-state index in [1.54, 1.807) is 11.8 Å². The highest BCUT2D eigenvalue weighted by Gasteiger charge is 2.47. The van der Waals surface area contributed by atoms with E-state index >= 15 is 0 Å². The molecule has 0 radical (unpaired) electrons. The molecule has 0 aromatic heterocycles. The zero-order chi connectivity index (χ0) is 41.3. The lowest BCUT2D eigenvalue weighted by Gasteiger charge is -2.37. The summed E-state index contributed by atoms with van der Waals surface area (Å²) in [5, 5.41) is 24.2. The Kier molecular flexibility index (Phi) is 31.2. The molecular weight excluding hydrogens is 815 g/mol. The van der Waals surface area contributed by atoms with E-state index in [1.807, 2.05) is 41.5 Å². The number of esters is 1. The molecule has 4 heterocycles. The molecule has 0 spiro atoms. The highest BCUT2D eigenvalue weighted by atomic mass is 32.1. The van der Waals surface area contributed by atoms with Crippen LogP contribution in [0.5, 0.6) is 0 Å². The van der Waals surface area contributed by atoms with Gasteiger partial charge in [0.2, 0.25) is 0 Å². The lowest BCUT2D eigenvalue weighted by Crippen LogP contribution is -2.51. The van der Waals surface area contributed by atoms with Crippen LogP contribution in [0.4, 0.5) is 9.59 Å². The van der Waals surface area contributed by atoms with E-state index in [9.17, 15) is 29.4 Å². The van der Waals surface area contributed by atoms with Crippen LogP contribution in [-0.4, -0.2) is 124 Å². The molecule has 2 amide bonds. The molecule has 0 aromatic carbocycles. The molecule has 6 fully saturated rings. The fourth-order valence-corrected chi connectivity index (χ4v) is 8.11. The molecule has 6 rings (SSSR count). The predicted molar refractivity (Wildman–Crippen MR) is 251 cm³/mol. The van der Waals surface area contributed by atoms with Gasteiger partial charge in [0.1, 0.15) is 11.2 Å². The van der Waals surface area contributed by atoms with Gasteiger partial charge in [-0.2, -0.15) is 40.5 Å². The fourth-order valence-electron chi connectivity index (χ4n) is 8.11. The Balaban J connectivity index is -0.000000695. The van der Waals surface area contributed by atoms with Gasteiger partial charge in [-0.15, -0.1) is 0 Å². The smallest absolute Gasteiger partial charge is 0.410 e. The van der Waals surface area contributed by atoms with E-state index in [0.717, 1.165) is 84.0 Å². The second kappa shape index (κ2) is 29.8. The second-order valence-electron chi connectivity index (χ2n) is 17.8. The summed E-state index contributed by atoms with van der Waals surface area (Å²) in [5.74, 6) is -0.171. The van der Waals surface area contributed by atoms with Gasteiger partial charge in [0.25, 0.3) is 0 Å². The maximum Gasteiger partial charge on any atom is 0.410 e. The fraction of sp³-hybridized carbons (Fsp3) is 0.907. The van der Waals surface area contributed by atoms with Gasteiger partial charge >= 0.3 is 18.2 Å². The summed E-state index contributed by atoms with van der Waals surface area (Å²) in [6.07, 6.45) is 16.1. The van der Waals surface area contributed by atoms with E-state index in [2.05, 4.69) is 10.1 Å². The molecule has 352 valence electrons. The maximum atomic E-state index is 12.2. The van der Waals surface area contributed by atoms with Crippen LogP contribution in [0.1, 0.15) is 172 Å². The molecule has 0 aromatic rings. The van der Waals surface area contributed by atoms with Crippen LogP contribution >= 0.6 is 40.5 Å². The largest absolute Gasteiger partial charge is 0.466 e. The molecule has 3 atom stereocenters. The van der Waals surface area contributed by atoms with Crippen molar-refractivity contribution in [2.24, 2.45) is 0 Å². The maximum absolute atomic E-state index is 12.2. The van der Waals surface area contributed by atoms with Gasteiger partial charge in [0.15, 0.2) is 5.78 Å². The monoisotopic (exact) mass is 902 g/mol. The molecule has 0 bridgehead atoms. The average molecular weight is 902 g/mol. The Morgan fingerprint density at radius 3 is 1.51 bits per heavy atom. The number of nitrogens with one attached hydrogen (secondary N) is 1. The Morgan fingerprint density at radius 1 is 0.678 bits per heavy atom. The van der Waals surface area contributed by atoms with Crippen LogP contribution in [0.15, 0.2) is 0 Å². The molecular formula is C43H87N3O10S3. The number of ketones is 1. The zero-order valence-corrected chi connectivity index (χ0v) is 40.3. The van der Waals surface area contributed by atoms with E-state index < -0.39 is 16.8 Å². The normalized spacial score (nSPS) is 23.5. The zero-order valence-electron chi connectivity index (χ0n) is 37.3. The molecule has 0 unspecified atom stereocenters. The first-order chi connectivity index (χ1) is 25.7. The van der Waals surface area contributed by atoms with Crippen LogP contribution < -0.4 is 5.32 Å². The Labute approximate surface area is 378 Å². The average Bonchev–Trinajstić information content (AvgIpc) is 3.94. The number of Topliss-reactive ketones (excluding diaryl/α,β-unsaturated/α-hetero) is 1. The van der Waals surface area contributed by atoms with E-state index in [4.69, 9.17) is 14.2 Å². The molecule has 2 aliphatic carbocycles. The van der Waals surface area contributed by atoms with Crippen molar-refractivity contribution in [1.82, 2.24) is 15.1 Å². The number of ether oxygens (including phenoxy) is 4. The summed E-state index contributed by atoms with van der Waals surface area (Å²) in [4.78, 5) is 48.3. The third-order valence-corrected chi connectivity index (χ3v) is 10.7. The second-order valence-corrected chi connectivity index (χ2v) is 17.8. The molecule has 6 aliphatic rings. The van der Waals surface area contributed by atoms with Crippen molar-refractivity contribution in [3.05, 3.63) is 0 Å². The van der Waals surface area contributed by atoms with Gasteiger partial charge in [-0.1, -0.05) is 33.1 Å². The summed E-state index contributed by atoms with van der Waals surface area (Å²) in [6, 6.07) is 0.0831. The lowest BCUT2D eigenvalue weighted by molar-refractivity contribution is -0.140. The minimum absolute atomic E-state index is 0. The number of rotatable bonds is 4. The minimum Gasteiger partial charge on any atom is -0.466 e. The van der Waals surface area contributed by atoms with Crippen molar-refractivity contribution in [3.63, 3.8) is 0 Å². The summed E-state index contributed by atoms with van der Waals surface area (Å²) in [7, 11) is 0. The number of amides is 2. The van der Waals surface area contributed by atoms with Gasteiger partial charge in [-0.25, -0.2) is 9.59 Å². The summed E-state index contributed by atoms with van der Waals surface area (Å²) < 4.78 is 20.0.